The summed E-state index contributed by atoms with van der Waals surface area (Å²) in [7, 11) is -8.46. The van der Waals surface area contributed by atoms with Crippen LogP contribution in [0.1, 0.15) is 47.6 Å². The van der Waals surface area contributed by atoms with E-state index in [0.29, 0.717) is 27.8 Å². The fourth-order valence-electron chi connectivity index (χ4n) is 4.98. The van der Waals surface area contributed by atoms with E-state index in [2.05, 4.69) is 0 Å². The van der Waals surface area contributed by atoms with Crippen molar-refractivity contribution in [1.29, 1.82) is 0 Å². The molecule has 45 heavy (non-hydrogen) atoms. The predicted molar refractivity (Wildman–Crippen MR) is 162 cm³/mol. The van der Waals surface area contributed by atoms with Crippen LogP contribution in [0.15, 0.2) is 87.0 Å². The van der Waals surface area contributed by atoms with Gasteiger partial charge < -0.3 is 9.52 Å². The molecule has 0 aliphatic heterocycles. The van der Waals surface area contributed by atoms with Crippen LogP contribution in [-0.4, -0.2) is 37.0 Å². The van der Waals surface area contributed by atoms with Crippen LogP contribution in [0.5, 0.6) is 0 Å². The Kier molecular flexibility index (Phi) is 9.13. The number of carbonyl (C=O) groups is 1. The van der Waals surface area contributed by atoms with E-state index < -0.39 is 49.1 Å². The highest BCUT2D eigenvalue weighted by molar-refractivity contribution is 7.93. The van der Waals surface area contributed by atoms with E-state index in [0.717, 1.165) is 35.8 Å². The van der Waals surface area contributed by atoms with Crippen molar-refractivity contribution in [1.82, 2.24) is 4.31 Å². The molecule has 0 spiro atoms. The average Bonchev–Trinajstić information content (AvgIpc) is 3.42. The molecule has 0 saturated heterocycles. The molecule has 4 aromatic rings. The van der Waals surface area contributed by atoms with Crippen molar-refractivity contribution in [2.24, 2.45) is 0 Å². The van der Waals surface area contributed by atoms with Gasteiger partial charge in [-0.1, -0.05) is 54.1 Å². The van der Waals surface area contributed by atoms with Gasteiger partial charge in [-0.3, -0.25) is 4.79 Å². The molecular formula is C32H32F3NO7S2. The van der Waals surface area contributed by atoms with E-state index in [1.807, 2.05) is 6.92 Å². The molecule has 1 heterocycles. The number of hydrogen-bond acceptors (Lipinski definition) is 6. The molecule has 8 nitrogen and oxygen atoms in total. The molecule has 0 bridgehead atoms. The number of halogens is 3. The Balaban J connectivity index is 1.70. The number of rotatable bonds is 10. The molecule has 0 aliphatic carbocycles. The van der Waals surface area contributed by atoms with Gasteiger partial charge in [-0.05, 0) is 86.7 Å². The van der Waals surface area contributed by atoms with Crippen molar-refractivity contribution in [3.63, 3.8) is 0 Å². The molecule has 3 aromatic carbocycles. The normalized spacial score (nSPS) is 12.9. The van der Waals surface area contributed by atoms with Crippen molar-refractivity contribution in [2.45, 2.75) is 68.4 Å². The number of carboxylic acid groups (broad SMARTS) is 1. The van der Waals surface area contributed by atoms with Crippen LogP contribution in [0, 0.1) is 20.8 Å². The number of aryl methyl sites for hydroxylation is 3. The van der Waals surface area contributed by atoms with Crippen LogP contribution in [-0.2, 0) is 43.9 Å². The lowest BCUT2D eigenvalue weighted by molar-refractivity contribution is -0.153. The van der Waals surface area contributed by atoms with Gasteiger partial charge in [0.1, 0.15) is 5.76 Å². The van der Waals surface area contributed by atoms with Gasteiger partial charge in [0.2, 0.25) is 15.8 Å². The highest BCUT2D eigenvalue weighted by Crippen LogP contribution is 2.34. The lowest BCUT2D eigenvalue weighted by Gasteiger charge is -2.24. The fourth-order valence-corrected chi connectivity index (χ4v) is 8.14. The molecule has 1 N–H and O–H groups in total. The van der Waals surface area contributed by atoms with Gasteiger partial charge in [0.05, 0.1) is 16.3 Å². The lowest BCUT2D eigenvalue weighted by atomic mass is 10.0. The maximum Gasteiger partial charge on any atom is 0.449 e. The first-order chi connectivity index (χ1) is 20.7. The van der Waals surface area contributed by atoms with E-state index in [-0.39, 0.29) is 22.1 Å². The van der Waals surface area contributed by atoms with Crippen molar-refractivity contribution in [3.8, 4) is 11.1 Å². The van der Waals surface area contributed by atoms with Crippen LogP contribution in [0.4, 0.5) is 13.2 Å². The van der Waals surface area contributed by atoms with Crippen LogP contribution < -0.4 is 0 Å². The second-order valence-corrected chi connectivity index (χ2v) is 15.7. The predicted octanol–water partition coefficient (Wildman–Crippen LogP) is 6.92. The van der Waals surface area contributed by atoms with Crippen LogP contribution >= 0.6 is 0 Å². The number of sulfone groups is 1. The lowest BCUT2D eigenvalue weighted by Crippen LogP contribution is -2.40. The number of furan rings is 1. The SMILES string of the molecule is Cc1cc(C)c(S(=O)(=O)N(Cc2ccc(-c3cccc(S(=O)(=O)C(C)(C)C(=O)O)c3)cc2)Cc2ccc(C(F)(F)F)o2)c(C)c1. The molecule has 240 valence electrons. The fraction of sp³-hybridized carbons (Fsp3) is 0.281. The Labute approximate surface area is 260 Å². The molecule has 0 amide bonds. The minimum atomic E-state index is -4.73. The third kappa shape index (κ3) is 6.85. The van der Waals surface area contributed by atoms with Gasteiger partial charge in [-0.15, -0.1) is 0 Å². The average molecular weight is 664 g/mol. The number of benzene rings is 3. The summed E-state index contributed by atoms with van der Waals surface area (Å²) in [5.74, 6) is -2.91. The van der Waals surface area contributed by atoms with Gasteiger partial charge in [0.15, 0.2) is 14.6 Å². The first-order valence-electron chi connectivity index (χ1n) is 13.7. The molecule has 13 heteroatoms. The Bertz CT molecular complexity index is 1940. The Morgan fingerprint density at radius 2 is 1.42 bits per heavy atom. The number of carboxylic acids is 1. The second-order valence-electron chi connectivity index (χ2n) is 11.3. The molecule has 0 radical (unpaired) electrons. The largest absolute Gasteiger partial charge is 0.480 e. The molecule has 1 aromatic heterocycles. The summed E-state index contributed by atoms with van der Waals surface area (Å²) in [5.41, 5.74) is 3.39. The van der Waals surface area contributed by atoms with Crippen molar-refractivity contribution >= 4 is 25.8 Å². The van der Waals surface area contributed by atoms with Crippen LogP contribution in [0.2, 0.25) is 0 Å². The van der Waals surface area contributed by atoms with Crippen molar-refractivity contribution in [3.05, 3.63) is 107 Å². The second kappa shape index (κ2) is 12.1. The number of hydrogen-bond donors (Lipinski definition) is 1. The van der Waals surface area contributed by atoms with E-state index in [4.69, 9.17) is 4.42 Å². The minimum absolute atomic E-state index is 0.0506. The van der Waals surface area contributed by atoms with Gasteiger partial charge in [-0.2, -0.15) is 17.5 Å². The monoisotopic (exact) mass is 663 g/mol. The standard InChI is InChI=1S/C32H32F3NO7S2/c1-20-15-21(2)29(22(3)16-20)45(41,42)36(19-26-13-14-28(43-26)32(33,34)35)18-23-9-11-24(12-10-23)25-7-6-8-27(17-25)44(39,40)31(4,5)30(37)38/h6-17H,18-19H2,1-5H3,(H,37,38). The van der Waals surface area contributed by atoms with Crippen molar-refractivity contribution in [2.75, 3.05) is 0 Å². The Morgan fingerprint density at radius 1 is 0.822 bits per heavy atom. The van der Waals surface area contributed by atoms with Gasteiger partial charge in [-0.25, -0.2) is 16.8 Å². The van der Waals surface area contributed by atoms with Gasteiger partial charge >= 0.3 is 12.1 Å². The molecule has 0 atom stereocenters. The first kappa shape index (κ1) is 33.9. The molecule has 0 unspecified atom stereocenters. The van der Waals surface area contributed by atoms with Crippen LogP contribution in [0.25, 0.3) is 11.1 Å². The highest BCUT2D eigenvalue weighted by Gasteiger charge is 2.43. The van der Waals surface area contributed by atoms with Crippen LogP contribution in [0.3, 0.4) is 0 Å². The van der Waals surface area contributed by atoms with Crippen molar-refractivity contribution < 1.29 is 44.3 Å². The zero-order valence-electron chi connectivity index (χ0n) is 25.1. The first-order valence-corrected chi connectivity index (χ1v) is 16.6. The third-order valence-electron chi connectivity index (χ3n) is 7.45. The summed E-state index contributed by atoms with van der Waals surface area (Å²) in [6.07, 6.45) is -4.73. The van der Waals surface area contributed by atoms with E-state index in [1.54, 1.807) is 56.3 Å². The van der Waals surface area contributed by atoms with Gasteiger partial charge in [0, 0.05) is 6.54 Å². The number of nitrogens with zero attached hydrogens (tertiary/aromatic N) is 1. The van der Waals surface area contributed by atoms with E-state index in [1.165, 1.54) is 18.2 Å². The zero-order valence-corrected chi connectivity index (χ0v) is 26.8. The Morgan fingerprint density at radius 3 is 1.96 bits per heavy atom. The smallest absolute Gasteiger partial charge is 0.449 e. The highest BCUT2D eigenvalue weighted by atomic mass is 32.2. The quantitative estimate of drug-likeness (QED) is 0.196. The minimum Gasteiger partial charge on any atom is -0.480 e. The number of aliphatic carboxylic acids is 1. The summed E-state index contributed by atoms with van der Waals surface area (Å²) >= 11 is 0. The van der Waals surface area contributed by atoms with Gasteiger partial charge in [0.25, 0.3) is 0 Å². The van der Waals surface area contributed by atoms with E-state index in [9.17, 15) is 39.9 Å². The Hall–Kier alpha value is -3.94. The number of sulfonamides is 1. The molecule has 0 aliphatic rings. The van der Waals surface area contributed by atoms with E-state index >= 15 is 0 Å². The summed E-state index contributed by atoms with van der Waals surface area (Å²) in [6.45, 7) is 6.68. The molecule has 4 rings (SSSR count). The topological polar surface area (TPSA) is 122 Å². The molecular weight excluding hydrogens is 631 g/mol. The maximum atomic E-state index is 14.0. The summed E-state index contributed by atoms with van der Waals surface area (Å²) < 4.78 is 97.6. The summed E-state index contributed by atoms with van der Waals surface area (Å²) in [4.78, 5) is 11.5. The molecule has 0 fully saturated rings. The maximum absolute atomic E-state index is 14.0. The summed E-state index contributed by atoms with van der Waals surface area (Å²) in [6, 6.07) is 17.6. The number of alkyl halides is 3. The molecule has 0 saturated carbocycles. The summed E-state index contributed by atoms with van der Waals surface area (Å²) in [5, 5.41) is 9.45. The third-order valence-corrected chi connectivity index (χ3v) is 11.9. The zero-order chi connectivity index (χ0) is 33.5.